The van der Waals surface area contributed by atoms with Gasteiger partial charge in [0.1, 0.15) is 0 Å². The molecule has 0 aliphatic heterocycles. The van der Waals surface area contributed by atoms with Crippen molar-refractivity contribution < 1.29 is 20.1 Å². The molecular weight excluding hydrogens is 911 g/mol. The second-order valence-corrected chi connectivity index (χ2v) is 22.7. The van der Waals surface area contributed by atoms with Crippen molar-refractivity contribution in [3.63, 3.8) is 0 Å². The summed E-state index contributed by atoms with van der Waals surface area (Å²) in [5, 5.41) is 1.56. The number of para-hydroxylation sites is 2. The summed E-state index contributed by atoms with van der Waals surface area (Å²) in [6.07, 6.45) is 10.9. The predicted octanol–water partition coefficient (Wildman–Crippen LogP) is 13.6. The van der Waals surface area contributed by atoms with Crippen molar-refractivity contribution in [1.29, 1.82) is 0 Å². The molecule has 3 fully saturated rings. The molecule has 2 heterocycles. The summed E-state index contributed by atoms with van der Waals surface area (Å²) in [4.78, 5) is 11.9. The van der Waals surface area contributed by atoms with Crippen LogP contribution in [0, 0.1) is 35.8 Å². The summed E-state index contributed by atoms with van der Waals surface area (Å²) in [7, 11) is -1.35. The summed E-state index contributed by atoms with van der Waals surface area (Å²) >= 11 is 0. The Morgan fingerprint density at radius 2 is 1.19 bits per heavy atom. The number of rotatable bonds is 11. The van der Waals surface area contributed by atoms with Gasteiger partial charge in [0.2, 0.25) is 0 Å². The normalized spacial score (nSPS) is 16.7. The Bertz CT molecular complexity index is 2370. The van der Waals surface area contributed by atoms with Crippen molar-refractivity contribution in [2.24, 2.45) is 23.7 Å². The van der Waals surface area contributed by atoms with E-state index in [2.05, 4.69) is 172 Å². The Labute approximate surface area is 367 Å². The van der Waals surface area contributed by atoms with Gasteiger partial charge in [-0.1, -0.05) is 99.7 Å². The number of hydrogen-bond donors (Lipinski definition) is 0. The molecule has 59 heavy (non-hydrogen) atoms. The van der Waals surface area contributed by atoms with E-state index >= 15 is 0 Å². The zero-order chi connectivity index (χ0) is 40.1. The van der Waals surface area contributed by atoms with E-state index in [0.717, 1.165) is 63.8 Å². The Morgan fingerprint density at radius 1 is 0.627 bits per heavy atom. The van der Waals surface area contributed by atoms with Crippen molar-refractivity contribution in [3.8, 4) is 33.6 Å². The molecule has 3 nitrogen and oxygen atoms in total. The van der Waals surface area contributed by atoms with Crippen LogP contribution in [0.25, 0.3) is 33.6 Å². The third kappa shape index (κ3) is 10.1. The van der Waals surface area contributed by atoms with Crippen molar-refractivity contribution >= 4 is 30.3 Å². The molecule has 1 radical (unpaired) electrons. The SMILES string of the molecule is CC(C)Cc1cc(-c2[c-]cccc2)ncc1-c1cccc(N(c2ccccc2)c2ccccc2)c1.C[Si](C)(C)c1cnc(-c2[c-]cccc2)cc1CC1CC2CC1C2.[Ir]. The molecule has 5 aromatic carbocycles. The van der Waals surface area contributed by atoms with Gasteiger partial charge in [0.05, 0.1) is 8.07 Å². The van der Waals surface area contributed by atoms with E-state index in [1.54, 1.807) is 10.8 Å². The average molecular weight is 966 g/mol. The fourth-order valence-corrected chi connectivity index (χ4v) is 10.6. The van der Waals surface area contributed by atoms with E-state index in [1.165, 1.54) is 42.4 Å². The third-order valence-electron chi connectivity index (χ3n) is 11.9. The summed E-state index contributed by atoms with van der Waals surface area (Å²) in [5.41, 5.74) is 12.8. The van der Waals surface area contributed by atoms with Gasteiger partial charge in [0.15, 0.2) is 0 Å². The van der Waals surface area contributed by atoms with Crippen LogP contribution in [0.15, 0.2) is 158 Å². The van der Waals surface area contributed by atoms with E-state index in [1.807, 2.05) is 36.5 Å². The maximum Gasteiger partial charge on any atom is 0.0798 e. The number of aromatic nitrogens is 2. The molecular formula is C54H55IrN3Si-2. The fourth-order valence-electron chi connectivity index (χ4n) is 9.04. The zero-order valence-corrected chi connectivity index (χ0v) is 38.4. The third-order valence-corrected chi connectivity index (χ3v) is 14.0. The second kappa shape index (κ2) is 19.0. The molecule has 0 spiro atoms. The summed E-state index contributed by atoms with van der Waals surface area (Å²) in [6, 6.07) is 57.3. The van der Waals surface area contributed by atoms with Gasteiger partial charge in [-0.2, -0.15) is 0 Å². The summed E-state index contributed by atoms with van der Waals surface area (Å²) in [6.45, 7) is 11.9. The van der Waals surface area contributed by atoms with Crippen LogP contribution < -0.4 is 10.1 Å². The van der Waals surface area contributed by atoms with Crippen LogP contribution >= 0.6 is 0 Å². The summed E-state index contributed by atoms with van der Waals surface area (Å²) < 4.78 is 0. The molecule has 0 saturated heterocycles. The zero-order valence-electron chi connectivity index (χ0n) is 35.0. The van der Waals surface area contributed by atoms with E-state index < -0.39 is 8.07 Å². The van der Waals surface area contributed by atoms with Crippen LogP contribution in [0.2, 0.25) is 19.6 Å². The van der Waals surface area contributed by atoms with Crippen LogP contribution in [0.3, 0.4) is 0 Å². The molecule has 0 N–H and O–H groups in total. The Balaban J connectivity index is 0.000000191. The molecule has 2 bridgehead atoms. The Kier molecular flexibility index (Phi) is 13.6. The van der Waals surface area contributed by atoms with Crippen molar-refractivity contribution in [2.75, 3.05) is 4.90 Å². The quantitative estimate of drug-likeness (QED) is 0.0955. The van der Waals surface area contributed by atoms with Gasteiger partial charge in [-0.15, -0.1) is 71.8 Å². The van der Waals surface area contributed by atoms with Crippen LogP contribution in [-0.2, 0) is 32.9 Å². The standard InChI is InChI=1S/C33H29N2.C21H26NSi.Ir/c1-25(2)21-28-23-33(26-13-6-3-7-14-26)34-24-32(28)27-15-12-20-31(22-27)35(29-16-8-4-9-17-29)30-18-10-5-11-19-30;1-23(2,3)21-14-22-20(16-7-5-4-6-8-16)13-19(21)12-18-11-15-9-17(18)10-15;/h3-13,15-20,22-25H,21H2,1-2H3;4-7,13-15,17-18H,9-12H2,1-3H3;/q2*-1;. The largest absolute Gasteiger partial charge is 0.310 e. The number of benzene rings is 5. The van der Waals surface area contributed by atoms with E-state index in [0.29, 0.717) is 5.92 Å². The van der Waals surface area contributed by atoms with Gasteiger partial charge in [0, 0.05) is 55.1 Å². The molecule has 2 aromatic heterocycles. The van der Waals surface area contributed by atoms with Crippen LogP contribution in [0.1, 0.15) is 44.2 Å². The van der Waals surface area contributed by atoms with Crippen molar-refractivity contribution in [2.45, 2.75) is 65.6 Å². The first-order valence-corrected chi connectivity index (χ1v) is 24.6. The van der Waals surface area contributed by atoms with Gasteiger partial charge in [-0.25, -0.2) is 0 Å². The van der Waals surface area contributed by atoms with Gasteiger partial charge >= 0.3 is 0 Å². The molecule has 3 aliphatic rings. The molecule has 7 aromatic rings. The molecule has 301 valence electrons. The Hall–Kier alpha value is -4.93. The molecule has 1 unspecified atom stereocenters. The van der Waals surface area contributed by atoms with Gasteiger partial charge in [-0.05, 0) is 120 Å². The molecule has 10 rings (SSSR count). The number of hydrogen-bond acceptors (Lipinski definition) is 3. The first kappa shape index (κ1) is 42.2. The fraction of sp³-hybridized carbons (Fsp3) is 0.259. The number of pyridine rings is 2. The van der Waals surface area contributed by atoms with Crippen molar-refractivity contribution in [1.82, 2.24) is 9.97 Å². The first-order valence-electron chi connectivity index (χ1n) is 21.1. The first-order chi connectivity index (χ1) is 28.2. The van der Waals surface area contributed by atoms with Crippen LogP contribution in [0.5, 0.6) is 0 Å². The minimum absolute atomic E-state index is 0. The van der Waals surface area contributed by atoms with E-state index in [9.17, 15) is 0 Å². The molecule has 3 saturated carbocycles. The van der Waals surface area contributed by atoms with Gasteiger partial charge in [0.25, 0.3) is 0 Å². The number of anilines is 3. The van der Waals surface area contributed by atoms with Crippen LogP contribution in [0.4, 0.5) is 17.1 Å². The molecule has 0 amide bonds. The van der Waals surface area contributed by atoms with Gasteiger partial charge in [-0.3, -0.25) is 0 Å². The predicted molar refractivity (Wildman–Crippen MR) is 247 cm³/mol. The van der Waals surface area contributed by atoms with E-state index in [4.69, 9.17) is 9.97 Å². The van der Waals surface area contributed by atoms with Gasteiger partial charge < -0.3 is 14.9 Å². The maximum atomic E-state index is 4.84. The molecule has 1 atom stereocenters. The summed E-state index contributed by atoms with van der Waals surface area (Å²) in [5.74, 6) is 3.51. The number of fused-ring (bicyclic) bond motifs is 1. The smallest absolute Gasteiger partial charge is 0.0798 e. The molecule has 3 aliphatic carbocycles. The topological polar surface area (TPSA) is 29.0 Å². The van der Waals surface area contributed by atoms with Crippen molar-refractivity contribution in [3.05, 3.63) is 181 Å². The monoisotopic (exact) mass is 966 g/mol. The maximum absolute atomic E-state index is 4.84. The minimum Gasteiger partial charge on any atom is -0.310 e. The van der Waals surface area contributed by atoms with Crippen LogP contribution in [-0.4, -0.2) is 18.0 Å². The average Bonchev–Trinajstić information content (AvgIpc) is 3.82. The second-order valence-electron chi connectivity index (χ2n) is 17.7. The minimum atomic E-state index is -1.35. The van der Waals surface area contributed by atoms with E-state index in [-0.39, 0.29) is 20.1 Å². The number of nitrogens with zero attached hydrogens (tertiary/aromatic N) is 3. The molecule has 5 heteroatoms. The Morgan fingerprint density at radius 3 is 1.71 bits per heavy atom.